The van der Waals surface area contributed by atoms with Gasteiger partial charge in [-0.05, 0) is 36.1 Å². The minimum Gasteiger partial charge on any atom is -0.464 e. The molecule has 0 saturated heterocycles. The first-order chi connectivity index (χ1) is 16.9. The summed E-state index contributed by atoms with van der Waals surface area (Å²) in [6.07, 6.45) is -1.54. The van der Waals surface area contributed by atoms with Crippen LogP contribution in [0.1, 0.15) is 0 Å². The molecule has 1 aliphatic heterocycles. The van der Waals surface area contributed by atoms with E-state index in [1.165, 1.54) is 15.9 Å². The summed E-state index contributed by atoms with van der Waals surface area (Å²) in [4.78, 5) is 41.1. The van der Waals surface area contributed by atoms with Gasteiger partial charge >= 0.3 is 34.2 Å². The van der Waals surface area contributed by atoms with Crippen molar-refractivity contribution in [2.45, 2.75) is 0 Å². The minimum atomic E-state index is -1.54. The first-order valence-corrected chi connectivity index (χ1v) is 12.2. The second kappa shape index (κ2) is 12.1. The second-order valence-electron chi connectivity index (χ2n) is 7.29. The van der Waals surface area contributed by atoms with Gasteiger partial charge in [-0.25, -0.2) is 14.6 Å². The summed E-state index contributed by atoms with van der Waals surface area (Å²) in [7, 11) is 0.708. The Morgan fingerprint density at radius 1 is 0.806 bits per heavy atom. The van der Waals surface area contributed by atoms with Crippen LogP contribution in [0.5, 0.6) is 0 Å². The van der Waals surface area contributed by atoms with Gasteiger partial charge < -0.3 is 5.11 Å². The largest absolute Gasteiger partial charge is 1.00 e. The summed E-state index contributed by atoms with van der Waals surface area (Å²) in [6, 6.07) is 32.3. The van der Waals surface area contributed by atoms with Gasteiger partial charge in [0.1, 0.15) is 0 Å². The zero-order chi connectivity index (χ0) is 24.9. The van der Waals surface area contributed by atoms with E-state index < -0.39 is 25.3 Å². The summed E-state index contributed by atoms with van der Waals surface area (Å²) >= 11 is 4.63. The van der Waals surface area contributed by atoms with E-state index in [0.29, 0.717) is 9.13 Å². The van der Waals surface area contributed by atoms with Crippen LogP contribution < -0.4 is 38.0 Å². The summed E-state index contributed by atoms with van der Waals surface area (Å²) in [5.74, 6) is 0. The summed E-state index contributed by atoms with van der Waals surface area (Å²) in [6.45, 7) is 0. The molecule has 0 amide bonds. The summed E-state index contributed by atoms with van der Waals surface area (Å²) in [5.41, 5.74) is -2.05. The van der Waals surface area contributed by atoms with E-state index in [9.17, 15) is 14.4 Å². The number of fused-ring (bicyclic) bond motifs is 1. The van der Waals surface area contributed by atoms with Crippen molar-refractivity contribution in [3.63, 3.8) is 0 Å². The molecule has 11 heteroatoms. The van der Waals surface area contributed by atoms with E-state index in [1.54, 1.807) is 0 Å². The third kappa shape index (κ3) is 5.73. The van der Waals surface area contributed by atoms with Crippen molar-refractivity contribution in [2.24, 2.45) is 17.0 Å². The number of hydrogen-bond donors (Lipinski definition) is 1. The number of aromatic nitrogens is 2. The molecule has 8 nitrogen and oxygen atoms in total. The van der Waals surface area contributed by atoms with Crippen molar-refractivity contribution in [1.29, 1.82) is 0 Å². The van der Waals surface area contributed by atoms with Gasteiger partial charge in [-0.1, -0.05) is 91.0 Å². The molecule has 0 atom stereocenters. The molecule has 0 unspecified atom stereocenters. The van der Waals surface area contributed by atoms with Gasteiger partial charge in [-0.2, -0.15) is 9.56 Å². The Balaban J connectivity index is 0.000000198. The van der Waals surface area contributed by atoms with Crippen molar-refractivity contribution in [3.8, 4) is 0 Å². The van der Waals surface area contributed by atoms with Crippen LogP contribution in [-0.2, 0) is 29.4 Å². The molecular formula is C25H19AuN4O4PS+. The third-order valence-corrected chi connectivity index (χ3v) is 7.68. The number of carboxylic acid groups (broad SMARTS) is 1. The zero-order valence-corrected chi connectivity index (χ0v) is 22.7. The molecule has 0 fully saturated rings. The molecule has 0 spiro atoms. The van der Waals surface area contributed by atoms with E-state index in [4.69, 9.17) is 5.11 Å². The monoisotopic (exact) mass is 699 g/mol. The number of nitrogens with zero attached hydrogens (tertiary/aromatic N) is 4. The number of rotatable bonds is 3. The molecule has 184 valence electrons. The molecule has 2 heterocycles. The number of carbonyl (C=O) groups is 1. The van der Waals surface area contributed by atoms with Crippen molar-refractivity contribution in [1.82, 2.24) is 9.13 Å². The fourth-order valence-corrected chi connectivity index (χ4v) is 5.93. The molecule has 0 radical (unpaired) electrons. The molecule has 1 N–H and O–H groups in total. The Hall–Kier alpha value is -3.33. The molecule has 1 aromatic heterocycles. The molecular weight excluding hydrogens is 680 g/mol. The van der Waals surface area contributed by atoms with Gasteiger partial charge in [0.05, 0.1) is 0 Å². The zero-order valence-electron chi connectivity index (χ0n) is 18.8. The van der Waals surface area contributed by atoms with Crippen molar-refractivity contribution in [2.75, 3.05) is 0 Å². The molecule has 36 heavy (non-hydrogen) atoms. The Labute approximate surface area is 227 Å². The maximum atomic E-state index is 11.5. The Morgan fingerprint density at radius 3 is 1.61 bits per heavy atom. The average molecular weight is 699 g/mol. The Bertz CT molecular complexity index is 1550. The Morgan fingerprint density at radius 2 is 1.22 bits per heavy atom. The van der Waals surface area contributed by atoms with Crippen LogP contribution in [-0.4, -0.2) is 25.4 Å². The van der Waals surface area contributed by atoms with Gasteiger partial charge in [0.15, 0.2) is 10.8 Å². The van der Waals surface area contributed by atoms with Crippen LogP contribution in [0.25, 0.3) is 0 Å². The molecule has 0 aliphatic carbocycles. The van der Waals surface area contributed by atoms with Crippen molar-refractivity contribution >= 4 is 47.3 Å². The van der Waals surface area contributed by atoms with Gasteiger partial charge in [-0.15, -0.1) is 0 Å². The standard InChI is InChI=1S/C18H15P.C7H4N4O4S.Au/c1-4-10-16(11-5-1)19(17-12-6-2-7-13-17)18-14-8-3-9-15-18;1-10-4(12)2-3(9-5(16)8-2)11(6(10)13)7(14)15;/h1-15H;1H3,(H,14,15);/q;;+1. The molecule has 5 rings (SSSR count). The predicted octanol–water partition coefficient (Wildman–Crippen LogP) is 1.05. The minimum absolute atomic E-state index is 0. The van der Waals surface area contributed by atoms with Crippen LogP contribution in [0.4, 0.5) is 4.79 Å². The number of thiocarbonyl (C=S) groups is 1. The van der Waals surface area contributed by atoms with Crippen molar-refractivity contribution in [3.05, 3.63) is 123 Å². The molecule has 0 saturated carbocycles. The van der Waals surface area contributed by atoms with Gasteiger partial charge in [0, 0.05) is 7.05 Å². The fourth-order valence-electron chi connectivity index (χ4n) is 3.45. The number of benzene rings is 3. The van der Waals surface area contributed by atoms with Crippen molar-refractivity contribution < 1.29 is 32.3 Å². The molecule has 3 aromatic carbocycles. The number of hydrogen-bond acceptors (Lipinski definition) is 4. The van der Waals surface area contributed by atoms with Gasteiger partial charge in [0.2, 0.25) is 5.11 Å². The average Bonchev–Trinajstić information content (AvgIpc) is 3.26. The van der Waals surface area contributed by atoms with E-state index in [-0.39, 0.29) is 38.3 Å². The summed E-state index contributed by atoms with van der Waals surface area (Å²) in [5, 5.41) is 12.6. The van der Waals surface area contributed by atoms with Crippen LogP contribution in [0.15, 0.2) is 111 Å². The normalized spacial score (nSPS) is 11.3. The van der Waals surface area contributed by atoms with E-state index in [2.05, 4.69) is 113 Å². The second-order valence-corrected chi connectivity index (χ2v) is 9.87. The first-order valence-electron chi connectivity index (χ1n) is 10.4. The van der Waals surface area contributed by atoms with E-state index in [1.807, 2.05) is 0 Å². The van der Waals surface area contributed by atoms with Crippen LogP contribution in [0.2, 0.25) is 0 Å². The van der Waals surface area contributed by atoms with Gasteiger partial charge in [0.25, 0.3) is 5.56 Å². The van der Waals surface area contributed by atoms with E-state index >= 15 is 0 Å². The molecule has 1 aliphatic rings. The maximum Gasteiger partial charge on any atom is 1.00 e. The molecule has 4 aromatic rings. The quantitative estimate of drug-likeness (QED) is 0.196. The van der Waals surface area contributed by atoms with Gasteiger partial charge in [-0.3, -0.25) is 9.36 Å². The smallest absolute Gasteiger partial charge is 0.464 e. The predicted molar refractivity (Wildman–Crippen MR) is 139 cm³/mol. The van der Waals surface area contributed by atoms with Crippen LogP contribution >= 0.6 is 20.1 Å². The third-order valence-electron chi connectivity index (χ3n) is 5.05. The summed E-state index contributed by atoms with van der Waals surface area (Å²) < 4.78 is 0.972. The SMILES string of the molecule is Cn1c(=O)c2c(n(C(=O)O)c1=O)=NC(=S)N=2.[Au+].c1ccc(P(c2ccccc2)c2ccccc2)cc1. The van der Waals surface area contributed by atoms with Crippen LogP contribution in [0.3, 0.4) is 0 Å². The topological polar surface area (TPSA) is 106 Å². The fraction of sp³-hybridized carbons (Fsp3) is 0.0400. The van der Waals surface area contributed by atoms with Crippen LogP contribution in [0, 0.1) is 0 Å². The van der Waals surface area contributed by atoms with E-state index in [0.717, 1.165) is 7.05 Å². The Kier molecular flexibility index (Phi) is 9.14. The first kappa shape index (κ1) is 27.3. The molecule has 0 bridgehead atoms. The maximum absolute atomic E-state index is 11.5.